The summed E-state index contributed by atoms with van der Waals surface area (Å²) in [6.45, 7) is 2.11. The Bertz CT molecular complexity index is 755. The van der Waals surface area contributed by atoms with Crippen molar-refractivity contribution in [2.75, 3.05) is 0 Å². The number of rotatable bonds is 7. The third-order valence-corrected chi connectivity index (χ3v) is 3.47. The van der Waals surface area contributed by atoms with Crippen LogP contribution in [0.5, 0.6) is 0 Å². The zero-order valence-corrected chi connectivity index (χ0v) is 13.9. The van der Waals surface area contributed by atoms with Crippen LogP contribution in [0.2, 0.25) is 0 Å². The highest BCUT2D eigenvalue weighted by molar-refractivity contribution is 5.82. The van der Waals surface area contributed by atoms with Crippen molar-refractivity contribution in [1.29, 1.82) is 0 Å². The number of allylic oxidation sites excluding steroid dienone is 2. The highest BCUT2D eigenvalue weighted by Gasteiger charge is 2.09. The Balaban J connectivity index is 1.92. The molecule has 0 saturated carbocycles. The molecule has 0 aliphatic heterocycles. The van der Waals surface area contributed by atoms with E-state index in [0.29, 0.717) is 0 Å². The van der Waals surface area contributed by atoms with Crippen LogP contribution in [0, 0.1) is 17.5 Å². The van der Waals surface area contributed by atoms with Crippen LogP contribution in [0.1, 0.15) is 36.5 Å². The van der Waals surface area contributed by atoms with Crippen molar-refractivity contribution in [3.05, 3.63) is 82.7 Å². The van der Waals surface area contributed by atoms with E-state index in [2.05, 4.69) is 29.3 Å². The fourth-order valence-corrected chi connectivity index (χ4v) is 2.15. The predicted molar refractivity (Wildman–Crippen MR) is 95.7 cm³/mol. The first-order valence-corrected chi connectivity index (χ1v) is 8.05. The molecule has 0 N–H and O–H groups in total. The summed E-state index contributed by atoms with van der Waals surface area (Å²) in [6.07, 6.45) is 10.1. The van der Waals surface area contributed by atoms with Gasteiger partial charge in [0.2, 0.25) is 0 Å². The summed E-state index contributed by atoms with van der Waals surface area (Å²) in [5, 5.41) is 7.55. The molecule has 2 aromatic carbocycles. The topological polar surface area (TPSA) is 24.7 Å². The first kappa shape index (κ1) is 18.6. The van der Waals surface area contributed by atoms with Crippen molar-refractivity contribution < 1.29 is 13.2 Å². The summed E-state index contributed by atoms with van der Waals surface area (Å²) < 4.78 is 39.0. The van der Waals surface area contributed by atoms with E-state index in [9.17, 15) is 13.2 Å². The van der Waals surface area contributed by atoms with Crippen LogP contribution >= 0.6 is 0 Å². The Kier molecular flexibility index (Phi) is 7.14. The van der Waals surface area contributed by atoms with Gasteiger partial charge in [0, 0.05) is 5.56 Å². The van der Waals surface area contributed by atoms with E-state index in [0.717, 1.165) is 43.2 Å². The summed E-state index contributed by atoms with van der Waals surface area (Å²) in [4.78, 5) is 0. The van der Waals surface area contributed by atoms with Gasteiger partial charge < -0.3 is 0 Å². The van der Waals surface area contributed by atoms with Crippen LogP contribution in [0.4, 0.5) is 13.2 Å². The minimum Gasteiger partial charge on any atom is -0.204 e. The lowest BCUT2D eigenvalue weighted by Crippen LogP contribution is -1.93. The maximum Gasteiger partial charge on any atom is 0.194 e. The second-order valence-corrected chi connectivity index (χ2v) is 5.45. The van der Waals surface area contributed by atoms with Crippen molar-refractivity contribution in [1.82, 2.24) is 0 Å². The molecule has 0 atom stereocenters. The Morgan fingerprint density at radius 3 is 2.04 bits per heavy atom. The lowest BCUT2D eigenvalue weighted by Gasteiger charge is -1.99. The van der Waals surface area contributed by atoms with Gasteiger partial charge >= 0.3 is 0 Å². The van der Waals surface area contributed by atoms with Crippen molar-refractivity contribution >= 4 is 12.4 Å². The Hall–Kier alpha value is -2.69. The van der Waals surface area contributed by atoms with E-state index >= 15 is 0 Å². The number of aryl methyl sites for hydroxylation is 1. The minimum absolute atomic E-state index is 0.101. The van der Waals surface area contributed by atoms with Crippen molar-refractivity contribution in [2.45, 2.75) is 26.2 Å². The SMILES string of the molecule is CC/C=C/CCc1ccc(C=NN=Cc2cc(F)c(F)c(F)c2)cc1. The molecule has 0 heterocycles. The molecule has 0 unspecified atom stereocenters. The summed E-state index contributed by atoms with van der Waals surface area (Å²) in [7, 11) is 0. The van der Waals surface area contributed by atoms with E-state index in [-0.39, 0.29) is 5.56 Å². The zero-order chi connectivity index (χ0) is 18.1. The molecule has 2 nitrogen and oxygen atoms in total. The molecule has 130 valence electrons. The van der Waals surface area contributed by atoms with Gasteiger partial charge in [-0.15, -0.1) is 0 Å². The Labute approximate surface area is 145 Å². The maximum atomic E-state index is 13.1. The molecule has 0 radical (unpaired) electrons. The number of halogens is 3. The van der Waals surface area contributed by atoms with Gasteiger partial charge in [0.25, 0.3) is 0 Å². The van der Waals surface area contributed by atoms with Gasteiger partial charge in [-0.1, -0.05) is 43.3 Å². The second kappa shape index (κ2) is 9.57. The molecular formula is C20H19F3N2. The Morgan fingerprint density at radius 1 is 0.840 bits per heavy atom. The first-order valence-electron chi connectivity index (χ1n) is 8.05. The highest BCUT2D eigenvalue weighted by atomic mass is 19.2. The predicted octanol–water partition coefficient (Wildman–Crippen LogP) is 5.46. The standard InChI is InChI=1S/C20H19F3N2/c1-2-3-4-5-6-15-7-9-16(10-8-15)13-24-25-14-17-11-18(21)20(23)19(22)12-17/h3-4,7-14H,2,5-6H2,1H3/b4-3+,24-13?,25-14?. The fraction of sp³-hybridized carbons (Fsp3) is 0.200. The average Bonchev–Trinajstić information content (AvgIpc) is 2.61. The van der Waals surface area contributed by atoms with E-state index in [4.69, 9.17) is 0 Å². The smallest absolute Gasteiger partial charge is 0.194 e. The van der Waals surface area contributed by atoms with Gasteiger partial charge in [-0.25, -0.2) is 13.2 Å². The summed E-state index contributed by atoms with van der Waals surface area (Å²) >= 11 is 0. The monoisotopic (exact) mass is 344 g/mol. The maximum absolute atomic E-state index is 13.1. The molecular weight excluding hydrogens is 325 g/mol. The van der Waals surface area contributed by atoms with Gasteiger partial charge in [0.1, 0.15) is 0 Å². The molecule has 2 rings (SSSR count). The lowest BCUT2D eigenvalue weighted by atomic mass is 10.1. The van der Waals surface area contributed by atoms with Crippen LogP contribution in [-0.2, 0) is 6.42 Å². The van der Waals surface area contributed by atoms with Gasteiger partial charge in [0.15, 0.2) is 17.5 Å². The van der Waals surface area contributed by atoms with Crippen molar-refractivity contribution in [3.63, 3.8) is 0 Å². The van der Waals surface area contributed by atoms with Crippen molar-refractivity contribution in [3.8, 4) is 0 Å². The van der Waals surface area contributed by atoms with E-state index in [1.807, 2.05) is 24.3 Å². The summed E-state index contributed by atoms with van der Waals surface area (Å²) in [5.74, 6) is -4.00. The molecule has 0 amide bonds. The third kappa shape index (κ3) is 6.03. The summed E-state index contributed by atoms with van der Waals surface area (Å²) in [5.41, 5.74) is 2.20. The quantitative estimate of drug-likeness (QED) is 0.276. The van der Waals surface area contributed by atoms with E-state index in [1.54, 1.807) is 0 Å². The van der Waals surface area contributed by atoms with E-state index in [1.165, 1.54) is 11.8 Å². The molecule has 0 saturated heterocycles. The average molecular weight is 344 g/mol. The normalized spacial score (nSPS) is 12.0. The van der Waals surface area contributed by atoms with Gasteiger partial charge in [-0.05, 0) is 42.5 Å². The molecule has 0 spiro atoms. The van der Waals surface area contributed by atoms with Crippen LogP contribution in [0.3, 0.4) is 0 Å². The van der Waals surface area contributed by atoms with Crippen LogP contribution in [-0.4, -0.2) is 12.4 Å². The lowest BCUT2D eigenvalue weighted by molar-refractivity contribution is 0.447. The van der Waals surface area contributed by atoms with Crippen molar-refractivity contribution in [2.24, 2.45) is 10.2 Å². The largest absolute Gasteiger partial charge is 0.204 e. The van der Waals surface area contributed by atoms with Gasteiger partial charge in [-0.2, -0.15) is 10.2 Å². The summed E-state index contributed by atoms with van der Waals surface area (Å²) in [6, 6.07) is 9.62. The number of nitrogens with zero attached hydrogens (tertiary/aromatic N) is 2. The number of hydrogen-bond acceptors (Lipinski definition) is 2. The van der Waals surface area contributed by atoms with Crippen LogP contribution < -0.4 is 0 Å². The minimum atomic E-state index is -1.49. The molecule has 25 heavy (non-hydrogen) atoms. The molecule has 0 aromatic heterocycles. The van der Waals surface area contributed by atoms with Crippen LogP contribution in [0.25, 0.3) is 0 Å². The van der Waals surface area contributed by atoms with Crippen LogP contribution in [0.15, 0.2) is 58.8 Å². The molecule has 0 bridgehead atoms. The highest BCUT2D eigenvalue weighted by Crippen LogP contribution is 2.12. The number of hydrogen-bond donors (Lipinski definition) is 0. The zero-order valence-electron chi connectivity index (χ0n) is 13.9. The third-order valence-electron chi connectivity index (χ3n) is 3.47. The number of benzene rings is 2. The second-order valence-electron chi connectivity index (χ2n) is 5.45. The molecule has 0 aliphatic carbocycles. The molecule has 2 aromatic rings. The fourth-order valence-electron chi connectivity index (χ4n) is 2.15. The molecule has 0 aliphatic rings. The molecule has 0 fully saturated rings. The van der Waals surface area contributed by atoms with Gasteiger partial charge in [0.05, 0.1) is 12.4 Å². The first-order chi connectivity index (χ1) is 12.1. The Morgan fingerprint density at radius 2 is 1.44 bits per heavy atom. The van der Waals surface area contributed by atoms with E-state index < -0.39 is 17.5 Å². The van der Waals surface area contributed by atoms with Gasteiger partial charge in [-0.3, -0.25) is 0 Å². The molecule has 5 heteroatoms.